The topological polar surface area (TPSA) is 70.0 Å². The summed E-state index contributed by atoms with van der Waals surface area (Å²) in [6.07, 6.45) is 2.05. The highest BCUT2D eigenvalue weighted by molar-refractivity contribution is 5.74. The molecule has 1 fully saturated rings. The lowest BCUT2D eigenvalue weighted by atomic mass is 9.76. The molecule has 114 valence electrons. The molecular formula is C16H21NO4. The van der Waals surface area contributed by atoms with Crippen molar-refractivity contribution >= 4 is 5.97 Å². The number of phenols is 1. The van der Waals surface area contributed by atoms with Crippen LogP contribution in [0.4, 0.5) is 0 Å². The van der Waals surface area contributed by atoms with Gasteiger partial charge in [-0.1, -0.05) is 6.92 Å². The maximum atomic E-state index is 11.5. The third-order valence-corrected chi connectivity index (χ3v) is 5.08. The molecule has 0 spiro atoms. The Morgan fingerprint density at radius 2 is 2.14 bits per heavy atom. The largest absolute Gasteiger partial charge is 0.508 e. The summed E-state index contributed by atoms with van der Waals surface area (Å²) in [5.41, 5.74) is 0.528. The van der Waals surface area contributed by atoms with Gasteiger partial charge in [0.25, 0.3) is 0 Å². The zero-order valence-corrected chi connectivity index (χ0v) is 12.2. The number of phenolic OH excluding ortho intramolecular Hbond substituents is 1. The number of aromatic hydroxyl groups is 1. The third-order valence-electron chi connectivity index (χ3n) is 5.08. The van der Waals surface area contributed by atoms with Crippen molar-refractivity contribution in [3.8, 4) is 11.5 Å². The van der Waals surface area contributed by atoms with Crippen LogP contribution in [0.3, 0.4) is 0 Å². The zero-order chi connectivity index (χ0) is 15.0. The van der Waals surface area contributed by atoms with Crippen LogP contribution in [0.15, 0.2) is 18.2 Å². The van der Waals surface area contributed by atoms with E-state index in [0.717, 1.165) is 24.4 Å². The van der Waals surface area contributed by atoms with Crippen molar-refractivity contribution < 1.29 is 19.7 Å². The van der Waals surface area contributed by atoms with E-state index in [2.05, 4.69) is 4.90 Å². The van der Waals surface area contributed by atoms with E-state index >= 15 is 0 Å². The lowest BCUT2D eigenvalue weighted by Gasteiger charge is -2.40. The van der Waals surface area contributed by atoms with E-state index in [9.17, 15) is 15.0 Å². The van der Waals surface area contributed by atoms with Crippen molar-refractivity contribution in [1.82, 2.24) is 4.90 Å². The molecule has 21 heavy (non-hydrogen) atoms. The Morgan fingerprint density at radius 3 is 2.76 bits per heavy atom. The average molecular weight is 291 g/mol. The molecule has 5 heteroatoms. The number of likely N-dealkylation sites (tertiary alicyclic amines) is 1. The lowest BCUT2D eigenvalue weighted by Crippen LogP contribution is -2.45. The van der Waals surface area contributed by atoms with Gasteiger partial charge in [0.2, 0.25) is 0 Å². The second-order valence-electron chi connectivity index (χ2n) is 6.02. The normalized spacial score (nSPS) is 24.3. The van der Waals surface area contributed by atoms with Crippen molar-refractivity contribution in [2.24, 2.45) is 5.41 Å². The van der Waals surface area contributed by atoms with E-state index in [1.165, 1.54) is 0 Å². The fourth-order valence-electron chi connectivity index (χ4n) is 3.47. The van der Waals surface area contributed by atoms with Crippen LogP contribution < -0.4 is 4.74 Å². The Hall–Kier alpha value is -1.75. The zero-order valence-electron chi connectivity index (χ0n) is 12.2. The lowest BCUT2D eigenvalue weighted by molar-refractivity contribution is -0.152. The summed E-state index contributed by atoms with van der Waals surface area (Å²) in [6, 6.07) is 5.40. The first kappa shape index (κ1) is 14.2. The highest BCUT2D eigenvalue weighted by Gasteiger charge is 2.42. The number of aliphatic carboxylic acids is 1. The number of hydrogen-bond donors (Lipinski definition) is 2. The van der Waals surface area contributed by atoms with Crippen molar-refractivity contribution in [2.75, 3.05) is 19.7 Å². The molecule has 1 saturated heterocycles. The summed E-state index contributed by atoms with van der Waals surface area (Å²) in [6.45, 7) is 4.08. The van der Waals surface area contributed by atoms with Crippen LogP contribution in [0.1, 0.15) is 37.8 Å². The number of benzene rings is 1. The molecule has 0 radical (unpaired) electrons. The predicted molar refractivity (Wildman–Crippen MR) is 77.5 cm³/mol. The van der Waals surface area contributed by atoms with Crippen LogP contribution >= 0.6 is 0 Å². The fourth-order valence-corrected chi connectivity index (χ4v) is 3.47. The van der Waals surface area contributed by atoms with E-state index in [4.69, 9.17) is 4.74 Å². The number of ether oxygens (including phenoxy) is 1. The maximum Gasteiger partial charge on any atom is 0.309 e. The molecule has 3 rings (SSSR count). The van der Waals surface area contributed by atoms with Gasteiger partial charge >= 0.3 is 5.97 Å². The van der Waals surface area contributed by atoms with Gasteiger partial charge in [-0.2, -0.15) is 0 Å². The second-order valence-corrected chi connectivity index (χ2v) is 6.02. The SMILES string of the molecule is CCC1(C(=O)O)CCN(C2COc3cc(O)ccc32)CC1. The molecule has 1 atom stereocenters. The molecule has 0 amide bonds. The van der Waals surface area contributed by atoms with Crippen LogP contribution in [0.2, 0.25) is 0 Å². The summed E-state index contributed by atoms with van der Waals surface area (Å²) in [5, 5.41) is 19.0. The minimum atomic E-state index is -0.669. The minimum absolute atomic E-state index is 0.171. The summed E-state index contributed by atoms with van der Waals surface area (Å²) < 4.78 is 5.65. The molecular weight excluding hydrogens is 270 g/mol. The minimum Gasteiger partial charge on any atom is -0.508 e. The number of hydrogen-bond acceptors (Lipinski definition) is 4. The van der Waals surface area contributed by atoms with Crippen molar-refractivity contribution in [2.45, 2.75) is 32.2 Å². The van der Waals surface area contributed by atoms with Crippen molar-refractivity contribution in [1.29, 1.82) is 0 Å². The van der Waals surface area contributed by atoms with Crippen LogP contribution in [0.25, 0.3) is 0 Å². The van der Waals surface area contributed by atoms with Crippen LogP contribution in [0.5, 0.6) is 11.5 Å². The molecule has 2 aliphatic heterocycles. The molecule has 5 nitrogen and oxygen atoms in total. The van der Waals surface area contributed by atoms with E-state index in [-0.39, 0.29) is 11.8 Å². The first-order valence-corrected chi connectivity index (χ1v) is 7.49. The monoisotopic (exact) mass is 291 g/mol. The molecule has 0 aliphatic carbocycles. The fraction of sp³-hybridized carbons (Fsp3) is 0.562. The Balaban J connectivity index is 1.73. The molecule has 1 aromatic carbocycles. The number of fused-ring (bicyclic) bond motifs is 1. The molecule has 0 aromatic heterocycles. The first-order chi connectivity index (χ1) is 10.1. The Labute approximate surface area is 124 Å². The van der Waals surface area contributed by atoms with E-state index in [1.54, 1.807) is 12.1 Å². The van der Waals surface area contributed by atoms with E-state index < -0.39 is 11.4 Å². The summed E-state index contributed by atoms with van der Waals surface area (Å²) in [4.78, 5) is 13.8. The summed E-state index contributed by atoms with van der Waals surface area (Å²) in [5.74, 6) is 0.284. The van der Waals surface area contributed by atoms with Crippen molar-refractivity contribution in [3.63, 3.8) is 0 Å². The Bertz CT molecular complexity index is 549. The standard InChI is InChI=1S/C16H21NO4/c1-2-16(15(19)20)5-7-17(8-6-16)13-10-21-14-9-11(18)3-4-12(13)14/h3-4,9,13,18H,2,5-8,10H2,1H3,(H,19,20). The first-order valence-electron chi connectivity index (χ1n) is 7.49. The van der Waals surface area contributed by atoms with Gasteiger partial charge in [0.15, 0.2) is 0 Å². The molecule has 0 saturated carbocycles. The molecule has 2 heterocycles. The highest BCUT2D eigenvalue weighted by atomic mass is 16.5. The van der Waals surface area contributed by atoms with Crippen molar-refractivity contribution in [3.05, 3.63) is 23.8 Å². The molecule has 2 aliphatic rings. The van der Waals surface area contributed by atoms with Gasteiger partial charge in [0.1, 0.15) is 18.1 Å². The molecule has 1 aromatic rings. The number of nitrogens with zero attached hydrogens (tertiary/aromatic N) is 1. The van der Waals surface area contributed by atoms with Crippen LogP contribution in [0, 0.1) is 5.41 Å². The number of piperidine rings is 1. The second kappa shape index (κ2) is 5.22. The highest BCUT2D eigenvalue weighted by Crippen LogP contribution is 2.42. The number of carboxylic acids is 1. The van der Waals surface area contributed by atoms with Gasteiger partial charge in [-0.25, -0.2) is 0 Å². The van der Waals surface area contributed by atoms with E-state index in [0.29, 0.717) is 25.9 Å². The maximum absolute atomic E-state index is 11.5. The van der Waals surface area contributed by atoms with Crippen LogP contribution in [-0.4, -0.2) is 40.8 Å². The molecule has 2 N–H and O–H groups in total. The summed E-state index contributed by atoms with van der Waals surface area (Å²) >= 11 is 0. The molecule has 0 bridgehead atoms. The molecule has 1 unspecified atom stereocenters. The van der Waals surface area contributed by atoms with Gasteiger partial charge < -0.3 is 14.9 Å². The third kappa shape index (κ3) is 2.35. The van der Waals surface area contributed by atoms with Crippen LogP contribution in [-0.2, 0) is 4.79 Å². The predicted octanol–water partition coefficient (Wildman–Crippen LogP) is 2.40. The van der Waals surface area contributed by atoms with Gasteiger partial charge in [0, 0.05) is 11.6 Å². The number of rotatable bonds is 3. The quantitative estimate of drug-likeness (QED) is 0.895. The summed E-state index contributed by atoms with van der Waals surface area (Å²) in [7, 11) is 0. The average Bonchev–Trinajstić information content (AvgIpc) is 2.90. The Kier molecular flexibility index (Phi) is 3.53. The van der Waals surface area contributed by atoms with Gasteiger partial charge in [-0.05, 0) is 44.5 Å². The number of carboxylic acid groups (broad SMARTS) is 1. The van der Waals surface area contributed by atoms with Gasteiger partial charge in [0.05, 0.1) is 11.5 Å². The van der Waals surface area contributed by atoms with Gasteiger partial charge in [-0.3, -0.25) is 9.69 Å². The van der Waals surface area contributed by atoms with Gasteiger partial charge in [-0.15, -0.1) is 0 Å². The smallest absolute Gasteiger partial charge is 0.309 e. The number of carbonyl (C=O) groups is 1. The van der Waals surface area contributed by atoms with E-state index in [1.807, 2.05) is 13.0 Å². The Morgan fingerprint density at radius 1 is 1.43 bits per heavy atom.